The Labute approximate surface area is 177 Å². The number of aryl methyl sites for hydroxylation is 3. The maximum absolute atomic E-state index is 7.51. The molecule has 4 aromatic rings. The fourth-order valence-electron chi connectivity index (χ4n) is 4.82. The van der Waals surface area contributed by atoms with Gasteiger partial charge in [-0.15, -0.1) is 0 Å². The fourth-order valence-corrected chi connectivity index (χ4v) is 4.82. The predicted octanol–water partition coefficient (Wildman–Crippen LogP) is 6.45. The van der Waals surface area contributed by atoms with E-state index in [-0.39, 0.29) is 0 Å². The zero-order valence-corrected chi connectivity index (χ0v) is 18.1. The van der Waals surface area contributed by atoms with Crippen molar-refractivity contribution in [1.82, 2.24) is 0 Å². The van der Waals surface area contributed by atoms with Crippen LogP contribution in [0, 0.1) is 20.4 Å². The lowest BCUT2D eigenvalue weighted by Gasteiger charge is -2.24. The molecule has 0 amide bonds. The van der Waals surface area contributed by atoms with Crippen molar-refractivity contribution < 1.29 is 9.30 Å². The lowest BCUT2D eigenvalue weighted by atomic mass is 9.88. The molecule has 0 saturated heterocycles. The van der Waals surface area contributed by atoms with Crippen LogP contribution in [0.3, 0.4) is 0 Å². The summed E-state index contributed by atoms with van der Waals surface area (Å²) in [7, 11) is 2.10. The molecule has 0 fully saturated rings. The number of hydrogen-bond acceptors (Lipinski definition) is 1. The summed E-state index contributed by atoms with van der Waals surface area (Å²) < 4.78 is 8.83. The van der Waals surface area contributed by atoms with Gasteiger partial charge in [-0.2, -0.15) is 0 Å². The average molecular weight is 394 g/mol. The van der Waals surface area contributed by atoms with Crippen LogP contribution in [0.1, 0.15) is 30.5 Å². The molecule has 148 valence electrons. The Bertz CT molecular complexity index is 1410. The number of rotatable bonds is 2. The first kappa shape index (κ1) is 18.6. The van der Waals surface area contributed by atoms with E-state index in [1.807, 2.05) is 13.8 Å². The lowest BCUT2D eigenvalue weighted by molar-refractivity contribution is -0.659. The van der Waals surface area contributed by atoms with Crippen molar-refractivity contribution >= 4 is 21.5 Å². The van der Waals surface area contributed by atoms with E-state index in [0.29, 0.717) is 6.42 Å². The van der Waals surface area contributed by atoms with Gasteiger partial charge in [0.1, 0.15) is 18.5 Å². The molecule has 3 heteroatoms. The Hall–Kier alpha value is -3.38. The minimum absolute atomic E-state index is 0.433. The van der Waals surface area contributed by atoms with E-state index in [4.69, 9.17) is 11.3 Å². The molecule has 5 rings (SSSR count). The quantitative estimate of drug-likeness (QED) is 0.249. The van der Waals surface area contributed by atoms with Gasteiger partial charge in [0.25, 0.3) is 0 Å². The zero-order valence-electron chi connectivity index (χ0n) is 18.1. The maximum Gasteiger partial charge on any atom is 0.231 e. The molecule has 1 aliphatic rings. The molecular formula is C27H25N2O+. The Balaban J connectivity index is 1.86. The first-order valence-corrected chi connectivity index (χ1v) is 10.3. The smallest absolute Gasteiger partial charge is 0.231 e. The maximum atomic E-state index is 7.51. The summed E-state index contributed by atoms with van der Waals surface area (Å²) in [6.45, 7) is 15.8. The molecule has 0 atom stereocenters. The van der Waals surface area contributed by atoms with Gasteiger partial charge in [0.15, 0.2) is 6.20 Å². The minimum atomic E-state index is -0.433. The van der Waals surface area contributed by atoms with Crippen molar-refractivity contribution in [2.45, 2.75) is 39.7 Å². The molecule has 0 saturated carbocycles. The lowest BCUT2D eigenvalue weighted by Crippen LogP contribution is -2.32. The number of nitrogens with zero attached hydrogens (tertiary/aromatic N) is 2. The standard InChI is InChI=1S/C27H25N2O/c1-16-20-9-7-8-10-21(20)17(2)26-23(16)25-24-19(11-12-29(25)6)13-18(14-22(24)30-26)15-27(3,4)28-5/h7-14H,15H2,1-4,6H3/q+1. The minimum Gasteiger partial charge on any atom is -0.455 e. The number of benzene rings is 3. The van der Waals surface area contributed by atoms with Gasteiger partial charge in [-0.1, -0.05) is 30.3 Å². The molecule has 0 N–H and O–H groups in total. The number of aromatic nitrogens is 1. The Morgan fingerprint density at radius 3 is 2.43 bits per heavy atom. The topological polar surface area (TPSA) is 17.5 Å². The number of ether oxygens (including phenoxy) is 1. The van der Waals surface area contributed by atoms with E-state index < -0.39 is 5.54 Å². The van der Waals surface area contributed by atoms with Gasteiger partial charge in [0, 0.05) is 25.5 Å². The van der Waals surface area contributed by atoms with E-state index in [0.717, 1.165) is 27.8 Å². The van der Waals surface area contributed by atoms with Gasteiger partial charge < -0.3 is 9.58 Å². The van der Waals surface area contributed by atoms with Crippen LogP contribution >= 0.6 is 0 Å². The largest absolute Gasteiger partial charge is 0.455 e. The summed E-state index contributed by atoms with van der Waals surface area (Å²) in [6, 6.07) is 15.1. The van der Waals surface area contributed by atoms with Crippen molar-refractivity contribution in [3.8, 4) is 22.8 Å². The summed E-state index contributed by atoms with van der Waals surface area (Å²) in [5.74, 6) is 1.84. The Morgan fingerprint density at radius 2 is 1.73 bits per heavy atom. The van der Waals surface area contributed by atoms with Gasteiger partial charge in [-0.3, -0.25) is 0 Å². The summed E-state index contributed by atoms with van der Waals surface area (Å²) >= 11 is 0. The van der Waals surface area contributed by atoms with E-state index in [1.54, 1.807) is 0 Å². The van der Waals surface area contributed by atoms with Crippen molar-refractivity contribution in [3.05, 3.63) is 76.8 Å². The second-order valence-corrected chi connectivity index (χ2v) is 9.04. The van der Waals surface area contributed by atoms with Gasteiger partial charge in [0.05, 0.1) is 17.4 Å². The highest BCUT2D eigenvalue weighted by Crippen LogP contribution is 2.50. The highest BCUT2D eigenvalue weighted by Gasteiger charge is 2.33. The summed E-state index contributed by atoms with van der Waals surface area (Å²) in [6.07, 6.45) is 2.83. The Morgan fingerprint density at radius 1 is 1.03 bits per heavy atom. The van der Waals surface area contributed by atoms with Crippen molar-refractivity contribution in [2.24, 2.45) is 7.05 Å². The molecule has 0 radical (unpaired) electrons. The van der Waals surface area contributed by atoms with Crippen LogP contribution in [0.4, 0.5) is 0 Å². The molecule has 2 heterocycles. The first-order chi connectivity index (χ1) is 14.3. The van der Waals surface area contributed by atoms with Gasteiger partial charge >= 0.3 is 0 Å². The first-order valence-electron chi connectivity index (χ1n) is 10.3. The van der Waals surface area contributed by atoms with Crippen LogP contribution < -0.4 is 9.30 Å². The average Bonchev–Trinajstić information content (AvgIpc) is 2.73. The predicted molar refractivity (Wildman–Crippen MR) is 122 cm³/mol. The second kappa shape index (κ2) is 6.31. The molecule has 1 aliphatic heterocycles. The molecular weight excluding hydrogens is 368 g/mol. The Kier molecular flexibility index (Phi) is 3.92. The molecule has 3 nitrogen and oxygen atoms in total. The normalized spacial score (nSPS) is 12.5. The van der Waals surface area contributed by atoms with Crippen LogP contribution in [0.25, 0.3) is 37.6 Å². The summed E-state index contributed by atoms with van der Waals surface area (Å²) in [4.78, 5) is 3.80. The third-order valence-corrected chi connectivity index (χ3v) is 6.33. The van der Waals surface area contributed by atoms with Gasteiger partial charge in [-0.25, -0.2) is 11.1 Å². The van der Waals surface area contributed by atoms with Crippen molar-refractivity contribution in [3.63, 3.8) is 0 Å². The molecule has 0 bridgehead atoms. The third kappa shape index (κ3) is 2.60. The van der Waals surface area contributed by atoms with E-state index in [1.165, 1.54) is 33.2 Å². The van der Waals surface area contributed by atoms with E-state index in [9.17, 15) is 0 Å². The number of fused-ring (bicyclic) bond motifs is 3. The van der Waals surface area contributed by atoms with Gasteiger partial charge in [0.2, 0.25) is 11.2 Å². The molecule has 0 unspecified atom stereocenters. The molecule has 1 aromatic heterocycles. The summed E-state index contributed by atoms with van der Waals surface area (Å²) in [5, 5.41) is 4.81. The van der Waals surface area contributed by atoms with Crippen LogP contribution in [0.2, 0.25) is 0 Å². The van der Waals surface area contributed by atoms with Crippen LogP contribution in [0.15, 0.2) is 48.7 Å². The second-order valence-electron chi connectivity index (χ2n) is 9.04. The molecule has 3 aromatic carbocycles. The zero-order chi connectivity index (χ0) is 21.2. The summed E-state index contributed by atoms with van der Waals surface area (Å²) in [5.41, 5.74) is 5.50. The van der Waals surface area contributed by atoms with Crippen LogP contribution in [-0.2, 0) is 13.5 Å². The fraction of sp³-hybridized carbons (Fsp3) is 0.259. The van der Waals surface area contributed by atoms with Gasteiger partial charge in [-0.05, 0) is 47.2 Å². The van der Waals surface area contributed by atoms with Crippen LogP contribution in [-0.4, -0.2) is 5.54 Å². The third-order valence-electron chi connectivity index (χ3n) is 6.33. The van der Waals surface area contributed by atoms with E-state index in [2.05, 4.69) is 79.0 Å². The van der Waals surface area contributed by atoms with Crippen molar-refractivity contribution in [2.75, 3.05) is 0 Å². The number of pyridine rings is 1. The SMILES string of the molecule is [C-]#[N+]C(C)(C)Cc1cc2c3c([n+](C)ccc3c1)-c1c(c(C)c3ccccc3c1C)O2. The number of hydrogen-bond donors (Lipinski definition) is 0. The molecule has 0 aliphatic carbocycles. The monoisotopic (exact) mass is 393 g/mol. The highest BCUT2D eigenvalue weighted by atomic mass is 16.5. The molecule has 0 spiro atoms. The van der Waals surface area contributed by atoms with E-state index >= 15 is 0 Å². The molecule has 30 heavy (non-hydrogen) atoms. The van der Waals surface area contributed by atoms with Crippen molar-refractivity contribution in [1.29, 1.82) is 0 Å². The van der Waals surface area contributed by atoms with Crippen LogP contribution in [0.5, 0.6) is 11.5 Å². The highest BCUT2D eigenvalue weighted by molar-refractivity contribution is 6.06.